The first-order valence-corrected chi connectivity index (χ1v) is 9.22. The van der Waals surface area contributed by atoms with Gasteiger partial charge in [0.25, 0.3) is 0 Å². The number of hydrogen-bond donors (Lipinski definition) is 2. The van der Waals surface area contributed by atoms with Crippen molar-refractivity contribution < 1.29 is 26.7 Å². The average Bonchev–Trinajstić information content (AvgIpc) is 2.54. The summed E-state index contributed by atoms with van der Waals surface area (Å²) >= 11 is 5.76. The second-order valence-corrected chi connectivity index (χ2v) is 7.26. The highest BCUT2D eigenvalue weighted by molar-refractivity contribution is 7.89. The average molecular weight is 405 g/mol. The lowest BCUT2D eigenvalue weighted by atomic mass is 10.3. The highest BCUT2D eigenvalue weighted by Gasteiger charge is 2.14. The van der Waals surface area contributed by atoms with Crippen molar-refractivity contribution in [3.05, 3.63) is 53.6 Å². The van der Waals surface area contributed by atoms with E-state index in [1.54, 1.807) is 6.07 Å². The fourth-order valence-corrected chi connectivity index (χ4v) is 3.32. The molecule has 0 spiro atoms. The second kappa shape index (κ2) is 8.93. The Morgan fingerprint density at radius 3 is 2.58 bits per heavy atom. The van der Waals surface area contributed by atoms with Crippen LogP contribution in [0.3, 0.4) is 0 Å². The van der Waals surface area contributed by atoms with Crippen LogP contribution in [0.2, 0.25) is 5.02 Å². The monoisotopic (exact) mass is 404 g/mol. The summed E-state index contributed by atoms with van der Waals surface area (Å²) < 4.78 is 55.0. The van der Waals surface area contributed by atoms with E-state index in [0.717, 1.165) is 0 Å². The topological polar surface area (TPSA) is 84.5 Å². The van der Waals surface area contributed by atoms with Crippen LogP contribution < -0.4 is 14.8 Å². The Morgan fingerprint density at radius 2 is 1.88 bits per heavy atom. The molecule has 0 aromatic heterocycles. The van der Waals surface area contributed by atoms with Crippen molar-refractivity contribution in [3.63, 3.8) is 0 Å². The zero-order valence-electron chi connectivity index (χ0n) is 13.3. The van der Waals surface area contributed by atoms with Crippen molar-refractivity contribution in [2.75, 3.05) is 11.9 Å². The molecule has 2 rings (SSSR count). The largest absolute Gasteiger partial charge is 0.435 e. The number of carbonyl (C=O) groups excluding carboxylic acids is 1. The standard InChI is InChI=1S/C16H15ClF2N2O4S/c17-11-3-1-6-14(9-11)26(23,24)20-8-7-15(22)21-12-4-2-5-13(10-12)25-16(18)19/h1-6,9-10,16,20H,7-8H2,(H,21,22). The van der Waals surface area contributed by atoms with Crippen molar-refractivity contribution >= 4 is 33.2 Å². The van der Waals surface area contributed by atoms with Gasteiger partial charge in [0.15, 0.2) is 0 Å². The maximum atomic E-state index is 12.2. The molecule has 6 nitrogen and oxygen atoms in total. The lowest BCUT2D eigenvalue weighted by Crippen LogP contribution is -2.27. The first-order chi connectivity index (χ1) is 12.3. The van der Waals surface area contributed by atoms with Crippen molar-refractivity contribution in [2.24, 2.45) is 0 Å². The molecule has 2 aromatic rings. The SMILES string of the molecule is O=C(CCNS(=O)(=O)c1cccc(Cl)c1)Nc1cccc(OC(F)F)c1. The van der Waals surface area contributed by atoms with Gasteiger partial charge in [-0.3, -0.25) is 4.79 Å². The van der Waals surface area contributed by atoms with E-state index in [0.29, 0.717) is 0 Å². The van der Waals surface area contributed by atoms with Crippen LogP contribution in [0.25, 0.3) is 0 Å². The molecule has 2 aromatic carbocycles. The molecular weight excluding hydrogens is 390 g/mol. The normalized spacial score (nSPS) is 11.4. The Bertz CT molecular complexity index is 878. The first-order valence-electron chi connectivity index (χ1n) is 7.36. The minimum atomic E-state index is -3.79. The van der Waals surface area contributed by atoms with Crippen LogP contribution in [-0.4, -0.2) is 27.5 Å². The molecule has 2 N–H and O–H groups in total. The van der Waals surface area contributed by atoms with E-state index >= 15 is 0 Å². The summed E-state index contributed by atoms with van der Waals surface area (Å²) in [5.41, 5.74) is 0.255. The summed E-state index contributed by atoms with van der Waals surface area (Å²) in [5, 5.41) is 2.75. The summed E-state index contributed by atoms with van der Waals surface area (Å²) in [6, 6.07) is 11.2. The molecule has 10 heteroatoms. The maximum absolute atomic E-state index is 12.2. The van der Waals surface area contributed by atoms with E-state index in [1.807, 2.05) is 0 Å². The molecule has 0 aliphatic rings. The van der Waals surface area contributed by atoms with Crippen molar-refractivity contribution in [2.45, 2.75) is 17.9 Å². The number of carbonyl (C=O) groups is 1. The summed E-state index contributed by atoms with van der Waals surface area (Å²) in [7, 11) is -3.79. The van der Waals surface area contributed by atoms with Crippen LogP contribution in [0.1, 0.15) is 6.42 Å². The number of nitrogens with one attached hydrogen (secondary N) is 2. The number of amides is 1. The van der Waals surface area contributed by atoms with Crippen LogP contribution in [0.5, 0.6) is 5.75 Å². The minimum Gasteiger partial charge on any atom is -0.435 e. The van der Waals surface area contributed by atoms with Crippen LogP contribution in [0, 0.1) is 0 Å². The predicted octanol–water partition coefficient (Wildman–Crippen LogP) is 3.25. The molecule has 26 heavy (non-hydrogen) atoms. The number of halogens is 3. The van der Waals surface area contributed by atoms with Gasteiger partial charge in [-0.25, -0.2) is 13.1 Å². The summed E-state index contributed by atoms with van der Waals surface area (Å²) in [5.74, 6) is -0.590. The third-order valence-electron chi connectivity index (χ3n) is 3.09. The molecule has 0 bridgehead atoms. The van der Waals surface area contributed by atoms with Gasteiger partial charge in [0.2, 0.25) is 15.9 Å². The van der Waals surface area contributed by atoms with Crippen LogP contribution >= 0.6 is 11.6 Å². The van der Waals surface area contributed by atoms with Crippen molar-refractivity contribution in [1.82, 2.24) is 4.72 Å². The van der Waals surface area contributed by atoms with Gasteiger partial charge in [0, 0.05) is 29.7 Å². The molecule has 0 atom stereocenters. The van der Waals surface area contributed by atoms with Gasteiger partial charge >= 0.3 is 6.61 Å². The Morgan fingerprint density at radius 1 is 1.15 bits per heavy atom. The van der Waals surface area contributed by atoms with Crippen LogP contribution in [0.4, 0.5) is 14.5 Å². The number of alkyl halides is 2. The van der Waals surface area contributed by atoms with E-state index < -0.39 is 22.5 Å². The highest BCUT2D eigenvalue weighted by atomic mass is 35.5. The highest BCUT2D eigenvalue weighted by Crippen LogP contribution is 2.19. The van der Waals surface area contributed by atoms with E-state index in [1.165, 1.54) is 42.5 Å². The van der Waals surface area contributed by atoms with E-state index in [-0.39, 0.29) is 34.3 Å². The van der Waals surface area contributed by atoms with Gasteiger partial charge in [-0.2, -0.15) is 8.78 Å². The molecule has 0 unspecified atom stereocenters. The van der Waals surface area contributed by atoms with E-state index in [4.69, 9.17) is 11.6 Å². The molecule has 0 saturated heterocycles. The molecule has 0 heterocycles. The molecule has 0 aliphatic carbocycles. The van der Waals surface area contributed by atoms with Gasteiger partial charge in [-0.1, -0.05) is 23.7 Å². The molecule has 140 valence electrons. The van der Waals surface area contributed by atoms with E-state index in [9.17, 15) is 22.0 Å². The Balaban J connectivity index is 1.87. The molecule has 0 aliphatic heterocycles. The quantitative estimate of drug-likeness (QED) is 0.707. The summed E-state index contributed by atoms with van der Waals surface area (Å²) in [6.07, 6.45) is -0.153. The molecule has 0 saturated carbocycles. The number of ether oxygens (including phenoxy) is 1. The zero-order valence-corrected chi connectivity index (χ0v) is 14.9. The van der Waals surface area contributed by atoms with Crippen LogP contribution in [0.15, 0.2) is 53.4 Å². The Hall–Kier alpha value is -2.23. The van der Waals surface area contributed by atoms with Gasteiger partial charge in [0.1, 0.15) is 5.75 Å². The van der Waals surface area contributed by atoms with Crippen LogP contribution in [-0.2, 0) is 14.8 Å². The summed E-state index contributed by atoms with van der Waals surface area (Å²) in [4.78, 5) is 11.9. The predicted molar refractivity (Wildman–Crippen MR) is 93.0 cm³/mol. The zero-order chi connectivity index (χ0) is 19.2. The fourth-order valence-electron chi connectivity index (χ4n) is 1.99. The Kier molecular flexibility index (Phi) is 6.90. The molecule has 0 radical (unpaired) electrons. The smallest absolute Gasteiger partial charge is 0.387 e. The number of anilines is 1. The molecule has 0 fully saturated rings. The third-order valence-corrected chi connectivity index (χ3v) is 4.79. The maximum Gasteiger partial charge on any atom is 0.387 e. The van der Waals surface area contributed by atoms with Crippen molar-refractivity contribution in [3.8, 4) is 5.75 Å². The van der Waals surface area contributed by atoms with Gasteiger partial charge in [-0.15, -0.1) is 0 Å². The number of sulfonamides is 1. The van der Waals surface area contributed by atoms with Crippen molar-refractivity contribution in [1.29, 1.82) is 0 Å². The third kappa shape index (κ3) is 6.25. The van der Waals surface area contributed by atoms with Gasteiger partial charge in [0.05, 0.1) is 4.90 Å². The molecular formula is C16H15ClF2N2O4S. The minimum absolute atomic E-state index is 0.0118. The first kappa shape index (κ1) is 20.1. The van der Waals surface area contributed by atoms with Gasteiger partial charge in [-0.05, 0) is 30.3 Å². The molecule has 1 amide bonds. The number of rotatable bonds is 8. The number of hydrogen-bond acceptors (Lipinski definition) is 4. The second-order valence-electron chi connectivity index (χ2n) is 5.06. The van der Waals surface area contributed by atoms with E-state index in [2.05, 4.69) is 14.8 Å². The lowest BCUT2D eigenvalue weighted by molar-refractivity contribution is -0.116. The fraction of sp³-hybridized carbons (Fsp3) is 0.188. The Labute approximate surface area is 154 Å². The summed E-state index contributed by atoms with van der Waals surface area (Å²) in [6.45, 7) is -3.12. The lowest BCUT2D eigenvalue weighted by Gasteiger charge is -2.09. The number of benzene rings is 2. The van der Waals surface area contributed by atoms with Gasteiger partial charge < -0.3 is 10.1 Å².